The summed E-state index contributed by atoms with van der Waals surface area (Å²) in [5.74, 6) is 0.973. The molecule has 0 aromatic heterocycles. The Labute approximate surface area is 152 Å². The first-order valence-corrected chi connectivity index (χ1v) is 7.69. The van der Waals surface area contributed by atoms with Gasteiger partial charge in [0.1, 0.15) is 5.75 Å². The summed E-state index contributed by atoms with van der Waals surface area (Å²) in [5, 5.41) is 3.53. The Morgan fingerprint density at radius 2 is 1.83 bits per heavy atom. The van der Waals surface area contributed by atoms with Gasteiger partial charge in [0.05, 0.1) is 20.3 Å². The minimum absolute atomic E-state index is 0. The summed E-state index contributed by atoms with van der Waals surface area (Å²) in [4.78, 5) is 2.42. The first-order valence-electron chi connectivity index (χ1n) is 7.69. The first-order chi connectivity index (χ1) is 9.98. The molecule has 1 fully saturated rings. The van der Waals surface area contributed by atoms with Crippen molar-refractivity contribution in [2.45, 2.75) is 39.4 Å². The minimum atomic E-state index is 0. The molecule has 2 rings (SSSR count). The number of benzene rings is 1. The summed E-state index contributed by atoms with van der Waals surface area (Å²) >= 11 is 0. The molecule has 1 heterocycles. The smallest absolute Gasteiger partial charge is 0.123 e. The van der Waals surface area contributed by atoms with Crippen LogP contribution >= 0.6 is 24.8 Å². The van der Waals surface area contributed by atoms with E-state index in [2.05, 4.69) is 49.2 Å². The van der Waals surface area contributed by atoms with E-state index in [1.54, 1.807) is 7.11 Å². The lowest BCUT2D eigenvalue weighted by Crippen LogP contribution is -2.36. The van der Waals surface area contributed by atoms with Crippen LogP contribution in [0, 0.1) is 0 Å². The Morgan fingerprint density at radius 3 is 2.39 bits per heavy atom. The number of hydrogen-bond acceptors (Lipinski definition) is 4. The average molecular weight is 365 g/mol. The van der Waals surface area contributed by atoms with Gasteiger partial charge in [-0.05, 0) is 38.5 Å². The van der Waals surface area contributed by atoms with Gasteiger partial charge in [0.15, 0.2) is 0 Å². The van der Waals surface area contributed by atoms with Crippen molar-refractivity contribution < 1.29 is 9.47 Å². The molecule has 0 amide bonds. The minimum Gasteiger partial charge on any atom is -0.496 e. The molecule has 4 nitrogen and oxygen atoms in total. The predicted molar refractivity (Wildman–Crippen MR) is 100 cm³/mol. The molecule has 1 aromatic rings. The van der Waals surface area contributed by atoms with Crippen molar-refractivity contribution in [2.75, 3.05) is 33.4 Å². The van der Waals surface area contributed by atoms with Gasteiger partial charge < -0.3 is 14.8 Å². The van der Waals surface area contributed by atoms with Crippen molar-refractivity contribution in [1.29, 1.82) is 0 Å². The fourth-order valence-corrected chi connectivity index (χ4v) is 2.43. The van der Waals surface area contributed by atoms with Gasteiger partial charge in [-0.1, -0.05) is 6.07 Å². The van der Waals surface area contributed by atoms with Gasteiger partial charge in [-0.3, -0.25) is 4.90 Å². The predicted octanol–water partition coefficient (Wildman–Crippen LogP) is 3.26. The number of hydrogen-bond donors (Lipinski definition) is 1. The number of nitrogens with one attached hydrogen (secondary N) is 1. The summed E-state index contributed by atoms with van der Waals surface area (Å²) < 4.78 is 10.9. The second-order valence-corrected chi connectivity index (χ2v) is 6.64. The maximum atomic E-state index is 5.51. The highest BCUT2D eigenvalue weighted by Crippen LogP contribution is 2.22. The third kappa shape index (κ3) is 7.73. The molecule has 0 unspecified atom stereocenters. The van der Waals surface area contributed by atoms with Crippen molar-refractivity contribution in [2.24, 2.45) is 0 Å². The van der Waals surface area contributed by atoms with Crippen molar-refractivity contribution in [3.05, 3.63) is 29.3 Å². The van der Waals surface area contributed by atoms with E-state index in [1.165, 1.54) is 11.1 Å². The zero-order valence-corrected chi connectivity index (χ0v) is 16.2. The van der Waals surface area contributed by atoms with Crippen LogP contribution in [0.2, 0.25) is 0 Å². The van der Waals surface area contributed by atoms with Gasteiger partial charge in [-0.25, -0.2) is 0 Å². The van der Waals surface area contributed by atoms with Crippen LogP contribution in [-0.4, -0.2) is 43.9 Å². The first kappa shape index (κ1) is 22.5. The van der Waals surface area contributed by atoms with E-state index in [0.29, 0.717) is 0 Å². The Bertz CT molecular complexity index is 458. The maximum absolute atomic E-state index is 5.51. The van der Waals surface area contributed by atoms with E-state index in [9.17, 15) is 0 Å². The number of methoxy groups -OCH3 is 1. The molecule has 0 spiro atoms. The van der Waals surface area contributed by atoms with Crippen LogP contribution in [0.5, 0.6) is 5.75 Å². The number of ether oxygens (including phenoxy) is 2. The van der Waals surface area contributed by atoms with Gasteiger partial charge in [0.2, 0.25) is 0 Å². The number of halogens is 2. The average Bonchev–Trinajstić information content (AvgIpc) is 2.46. The Morgan fingerprint density at radius 1 is 1.17 bits per heavy atom. The Balaban J connectivity index is 0.00000242. The molecule has 1 aliphatic heterocycles. The summed E-state index contributed by atoms with van der Waals surface area (Å²) in [6.07, 6.45) is 0. The van der Waals surface area contributed by atoms with Crippen molar-refractivity contribution in [3.8, 4) is 5.75 Å². The zero-order chi connectivity index (χ0) is 15.3. The highest BCUT2D eigenvalue weighted by molar-refractivity contribution is 5.85. The highest BCUT2D eigenvalue weighted by Gasteiger charge is 2.14. The van der Waals surface area contributed by atoms with E-state index in [0.717, 1.165) is 45.1 Å². The number of rotatable bonds is 5. The largest absolute Gasteiger partial charge is 0.496 e. The maximum Gasteiger partial charge on any atom is 0.123 e. The lowest BCUT2D eigenvalue weighted by molar-refractivity contribution is 0.0339. The third-order valence-electron chi connectivity index (χ3n) is 3.67. The fourth-order valence-electron chi connectivity index (χ4n) is 2.43. The summed E-state index contributed by atoms with van der Waals surface area (Å²) in [5.41, 5.74) is 2.69. The Kier molecular flexibility index (Phi) is 10.1. The molecule has 1 saturated heterocycles. The summed E-state index contributed by atoms with van der Waals surface area (Å²) in [7, 11) is 1.74. The van der Waals surface area contributed by atoms with E-state index in [1.807, 2.05) is 0 Å². The van der Waals surface area contributed by atoms with Crippen LogP contribution in [-0.2, 0) is 17.8 Å². The van der Waals surface area contributed by atoms with Gasteiger partial charge in [0.25, 0.3) is 0 Å². The van der Waals surface area contributed by atoms with E-state index in [4.69, 9.17) is 9.47 Å². The van der Waals surface area contributed by atoms with Crippen LogP contribution in [0.4, 0.5) is 0 Å². The molecular weight excluding hydrogens is 335 g/mol. The Hall–Kier alpha value is -0.520. The molecular formula is C17H30Cl2N2O2. The number of morpholine rings is 1. The van der Waals surface area contributed by atoms with Crippen molar-refractivity contribution >= 4 is 24.8 Å². The van der Waals surface area contributed by atoms with E-state index < -0.39 is 0 Å². The lowest BCUT2D eigenvalue weighted by Gasteiger charge is -2.27. The molecule has 0 atom stereocenters. The van der Waals surface area contributed by atoms with Gasteiger partial charge >= 0.3 is 0 Å². The molecule has 23 heavy (non-hydrogen) atoms. The summed E-state index contributed by atoms with van der Waals surface area (Å²) in [6.45, 7) is 12.0. The summed E-state index contributed by atoms with van der Waals surface area (Å²) in [6, 6.07) is 6.48. The van der Waals surface area contributed by atoms with Crippen molar-refractivity contribution in [1.82, 2.24) is 10.2 Å². The molecule has 6 heteroatoms. The molecule has 1 aliphatic rings. The zero-order valence-electron chi connectivity index (χ0n) is 14.6. The van der Waals surface area contributed by atoms with Gasteiger partial charge in [0, 0.05) is 37.3 Å². The van der Waals surface area contributed by atoms with Gasteiger partial charge in [-0.15, -0.1) is 24.8 Å². The highest BCUT2D eigenvalue weighted by atomic mass is 35.5. The van der Waals surface area contributed by atoms with E-state index >= 15 is 0 Å². The van der Waals surface area contributed by atoms with Gasteiger partial charge in [-0.2, -0.15) is 0 Å². The van der Waals surface area contributed by atoms with Crippen molar-refractivity contribution in [3.63, 3.8) is 0 Å². The second kappa shape index (κ2) is 10.4. The van der Waals surface area contributed by atoms with Crippen LogP contribution in [0.15, 0.2) is 18.2 Å². The monoisotopic (exact) mass is 364 g/mol. The van der Waals surface area contributed by atoms with Crippen LogP contribution in [0.3, 0.4) is 0 Å². The SMILES string of the molecule is COc1ccc(CNC(C)(C)C)cc1CN1CCOCC1.Cl.Cl. The molecule has 0 radical (unpaired) electrons. The standard InChI is InChI=1S/C17H28N2O2.2ClH/c1-17(2,3)18-12-14-5-6-16(20-4)15(11-14)13-19-7-9-21-10-8-19;;/h5-6,11,18H,7-10,12-13H2,1-4H3;2*1H. The molecule has 1 aromatic carbocycles. The lowest BCUT2D eigenvalue weighted by atomic mass is 10.1. The third-order valence-corrected chi connectivity index (χ3v) is 3.67. The molecule has 0 aliphatic carbocycles. The fraction of sp³-hybridized carbons (Fsp3) is 0.647. The quantitative estimate of drug-likeness (QED) is 0.869. The second-order valence-electron chi connectivity index (χ2n) is 6.64. The normalized spacial score (nSPS) is 15.5. The van der Waals surface area contributed by atoms with Crippen LogP contribution < -0.4 is 10.1 Å². The topological polar surface area (TPSA) is 33.7 Å². The number of nitrogens with zero attached hydrogens (tertiary/aromatic N) is 1. The van der Waals surface area contributed by atoms with Crippen LogP contribution in [0.25, 0.3) is 0 Å². The molecule has 0 saturated carbocycles. The van der Waals surface area contributed by atoms with E-state index in [-0.39, 0.29) is 30.4 Å². The molecule has 134 valence electrons. The molecule has 0 bridgehead atoms. The molecule has 1 N–H and O–H groups in total. The van der Waals surface area contributed by atoms with Crippen LogP contribution in [0.1, 0.15) is 31.9 Å².